The second-order valence-electron chi connectivity index (χ2n) is 6.56. The molecule has 1 N–H and O–H groups in total. The van der Waals surface area contributed by atoms with Crippen molar-refractivity contribution in [3.63, 3.8) is 0 Å². The van der Waals surface area contributed by atoms with Gasteiger partial charge in [0.2, 0.25) is 0 Å². The highest BCUT2D eigenvalue weighted by Crippen LogP contribution is 2.41. The maximum Gasteiger partial charge on any atom is 0.0640 e. The first kappa shape index (κ1) is 13.2. The highest BCUT2D eigenvalue weighted by atomic mass is 15.3. The monoisotopic (exact) mass is 261 g/mol. The summed E-state index contributed by atoms with van der Waals surface area (Å²) >= 11 is 0. The molecule has 0 aromatic carbocycles. The zero-order valence-corrected chi connectivity index (χ0v) is 12.3. The van der Waals surface area contributed by atoms with Gasteiger partial charge in [-0.3, -0.25) is 4.68 Å². The van der Waals surface area contributed by atoms with Crippen molar-refractivity contribution >= 4 is 0 Å². The van der Waals surface area contributed by atoms with Crippen molar-refractivity contribution < 1.29 is 0 Å². The SMILES string of the molecule is CNC(Cc1ccn(C2CCCCC2)n1)C1CC1C. The van der Waals surface area contributed by atoms with E-state index in [9.17, 15) is 0 Å². The average Bonchev–Trinajstić information content (AvgIpc) is 3.00. The van der Waals surface area contributed by atoms with E-state index in [4.69, 9.17) is 5.10 Å². The molecule has 0 spiro atoms. The van der Waals surface area contributed by atoms with Gasteiger partial charge in [-0.2, -0.15) is 5.10 Å². The molecular formula is C16H27N3. The van der Waals surface area contributed by atoms with E-state index in [1.807, 2.05) is 0 Å². The molecule has 1 aromatic heterocycles. The molecule has 0 saturated heterocycles. The van der Waals surface area contributed by atoms with E-state index in [1.54, 1.807) is 0 Å². The van der Waals surface area contributed by atoms with Crippen LogP contribution in [0.2, 0.25) is 0 Å². The Balaban J connectivity index is 1.60. The molecule has 3 heteroatoms. The fraction of sp³-hybridized carbons (Fsp3) is 0.812. The highest BCUT2D eigenvalue weighted by molar-refractivity contribution is 5.06. The maximum absolute atomic E-state index is 4.83. The number of nitrogens with zero attached hydrogens (tertiary/aromatic N) is 2. The summed E-state index contributed by atoms with van der Waals surface area (Å²) in [6, 6.07) is 3.51. The van der Waals surface area contributed by atoms with E-state index in [0.29, 0.717) is 12.1 Å². The van der Waals surface area contributed by atoms with E-state index in [0.717, 1.165) is 18.3 Å². The van der Waals surface area contributed by atoms with E-state index in [1.165, 1.54) is 44.2 Å². The van der Waals surface area contributed by atoms with Crippen LogP contribution < -0.4 is 5.32 Å². The number of rotatable bonds is 5. The maximum atomic E-state index is 4.83. The van der Waals surface area contributed by atoms with E-state index < -0.39 is 0 Å². The van der Waals surface area contributed by atoms with Crippen molar-refractivity contribution in [1.29, 1.82) is 0 Å². The standard InChI is InChI=1S/C16H27N3/c1-12-10-15(12)16(17-2)11-13-8-9-19(18-13)14-6-4-3-5-7-14/h8-9,12,14-17H,3-7,10-11H2,1-2H3. The van der Waals surface area contributed by atoms with Crippen LogP contribution in [-0.2, 0) is 6.42 Å². The van der Waals surface area contributed by atoms with E-state index >= 15 is 0 Å². The molecule has 19 heavy (non-hydrogen) atoms. The third-order valence-corrected chi connectivity index (χ3v) is 5.10. The molecule has 0 aliphatic heterocycles. The molecule has 0 radical (unpaired) electrons. The molecule has 2 aliphatic carbocycles. The molecule has 1 heterocycles. The van der Waals surface area contributed by atoms with Gasteiger partial charge in [0.1, 0.15) is 0 Å². The summed E-state index contributed by atoms with van der Waals surface area (Å²) in [4.78, 5) is 0. The zero-order valence-electron chi connectivity index (χ0n) is 12.3. The predicted molar refractivity (Wildman–Crippen MR) is 78.2 cm³/mol. The number of nitrogens with one attached hydrogen (secondary N) is 1. The number of aromatic nitrogens is 2. The van der Waals surface area contributed by atoms with Gasteiger partial charge in [0.25, 0.3) is 0 Å². The van der Waals surface area contributed by atoms with Crippen molar-refractivity contribution in [3.05, 3.63) is 18.0 Å². The Bertz CT molecular complexity index is 406. The van der Waals surface area contributed by atoms with Gasteiger partial charge in [-0.25, -0.2) is 0 Å². The Kier molecular flexibility index (Phi) is 3.92. The van der Waals surface area contributed by atoms with Crippen LogP contribution in [0.15, 0.2) is 12.3 Å². The Morgan fingerprint density at radius 2 is 2.11 bits per heavy atom. The predicted octanol–water partition coefficient (Wildman–Crippen LogP) is 3.17. The molecule has 3 unspecified atom stereocenters. The first-order valence-electron chi connectivity index (χ1n) is 7.99. The lowest BCUT2D eigenvalue weighted by Crippen LogP contribution is -2.30. The van der Waals surface area contributed by atoms with Crippen LogP contribution in [0.4, 0.5) is 0 Å². The van der Waals surface area contributed by atoms with Crippen molar-refractivity contribution in [1.82, 2.24) is 15.1 Å². The number of hydrogen-bond acceptors (Lipinski definition) is 2. The summed E-state index contributed by atoms with van der Waals surface area (Å²) in [7, 11) is 2.09. The van der Waals surface area contributed by atoms with Crippen LogP contribution in [-0.4, -0.2) is 22.9 Å². The first-order valence-corrected chi connectivity index (χ1v) is 7.99. The van der Waals surface area contributed by atoms with Crippen LogP contribution in [0.25, 0.3) is 0 Å². The average molecular weight is 261 g/mol. The first-order chi connectivity index (χ1) is 9.28. The van der Waals surface area contributed by atoms with Gasteiger partial charge in [0, 0.05) is 18.7 Å². The molecule has 0 bridgehead atoms. The molecule has 106 valence electrons. The Morgan fingerprint density at radius 1 is 1.37 bits per heavy atom. The normalized spacial score (nSPS) is 29.4. The third-order valence-electron chi connectivity index (χ3n) is 5.10. The second-order valence-corrected chi connectivity index (χ2v) is 6.56. The molecule has 3 atom stereocenters. The lowest BCUT2D eigenvalue weighted by atomic mass is 9.96. The van der Waals surface area contributed by atoms with Crippen LogP contribution in [0.3, 0.4) is 0 Å². The summed E-state index contributed by atoms with van der Waals surface area (Å²) in [5, 5.41) is 8.32. The van der Waals surface area contributed by atoms with Crippen LogP contribution in [0.5, 0.6) is 0 Å². The van der Waals surface area contributed by atoms with Crippen molar-refractivity contribution in [3.8, 4) is 0 Å². The minimum atomic E-state index is 0.615. The number of hydrogen-bond donors (Lipinski definition) is 1. The second kappa shape index (κ2) is 5.66. The summed E-state index contributed by atoms with van der Waals surface area (Å²) in [5.74, 6) is 1.77. The van der Waals surface area contributed by atoms with Gasteiger partial charge in [-0.15, -0.1) is 0 Å². The van der Waals surface area contributed by atoms with E-state index in [2.05, 4.69) is 36.2 Å². The van der Waals surface area contributed by atoms with Gasteiger partial charge < -0.3 is 5.32 Å². The third kappa shape index (κ3) is 3.02. The molecule has 0 amide bonds. The summed E-state index contributed by atoms with van der Waals surface area (Å²) < 4.78 is 2.23. The molecule has 2 fully saturated rings. The topological polar surface area (TPSA) is 29.9 Å². The zero-order chi connectivity index (χ0) is 13.2. The molecular weight excluding hydrogens is 234 g/mol. The minimum absolute atomic E-state index is 0.615. The van der Waals surface area contributed by atoms with Crippen LogP contribution in [0, 0.1) is 11.8 Å². The fourth-order valence-electron chi connectivity index (χ4n) is 3.64. The van der Waals surface area contributed by atoms with Gasteiger partial charge in [0.05, 0.1) is 11.7 Å². The van der Waals surface area contributed by atoms with E-state index in [-0.39, 0.29) is 0 Å². The van der Waals surface area contributed by atoms with Crippen molar-refractivity contribution in [2.45, 2.75) is 64.0 Å². The van der Waals surface area contributed by atoms with Crippen LogP contribution >= 0.6 is 0 Å². The minimum Gasteiger partial charge on any atom is -0.316 e. The summed E-state index contributed by atoms with van der Waals surface area (Å²) in [6.45, 7) is 2.36. The fourth-order valence-corrected chi connectivity index (χ4v) is 3.64. The van der Waals surface area contributed by atoms with Gasteiger partial charge in [0.15, 0.2) is 0 Å². The molecule has 1 aromatic rings. The Labute approximate surface area is 116 Å². The molecule has 3 nitrogen and oxygen atoms in total. The quantitative estimate of drug-likeness (QED) is 0.882. The van der Waals surface area contributed by atoms with Gasteiger partial charge in [-0.05, 0) is 44.2 Å². The highest BCUT2D eigenvalue weighted by Gasteiger charge is 2.38. The lowest BCUT2D eigenvalue weighted by molar-refractivity contribution is 0.327. The molecule has 2 saturated carbocycles. The van der Waals surface area contributed by atoms with Crippen LogP contribution in [0.1, 0.15) is 57.2 Å². The summed E-state index contributed by atoms with van der Waals surface area (Å²) in [6.07, 6.45) is 11.5. The van der Waals surface area contributed by atoms with Gasteiger partial charge in [-0.1, -0.05) is 26.2 Å². The van der Waals surface area contributed by atoms with Crippen molar-refractivity contribution in [2.24, 2.45) is 11.8 Å². The molecule has 2 aliphatic rings. The Hall–Kier alpha value is -0.830. The number of likely N-dealkylation sites (N-methyl/N-ethyl adjacent to an activating group) is 1. The molecule has 3 rings (SSSR count). The largest absolute Gasteiger partial charge is 0.316 e. The van der Waals surface area contributed by atoms with Crippen molar-refractivity contribution in [2.75, 3.05) is 7.05 Å². The smallest absolute Gasteiger partial charge is 0.0640 e. The summed E-state index contributed by atoms with van der Waals surface area (Å²) in [5.41, 5.74) is 1.27. The Morgan fingerprint density at radius 3 is 2.74 bits per heavy atom. The lowest BCUT2D eigenvalue weighted by Gasteiger charge is -2.22. The van der Waals surface area contributed by atoms with Gasteiger partial charge >= 0.3 is 0 Å².